The molecule has 0 aliphatic carbocycles. The molecule has 0 atom stereocenters. The fourth-order valence-corrected chi connectivity index (χ4v) is 2.51. The van der Waals surface area contributed by atoms with Gasteiger partial charge in [-0.05, 0) is 31.2 Å². The summed E-state index contributed by atoms with van der Waals surface area (Å²) in [5.41, 5.74) is 2.10. The van der Waals surface area contributed by atoms with E-state index >= 15 is 0 Å². The topological polar surface area (TPSA) is 32.5 Å². The van der Waals surface area contributed by atoms with Gasteiger partial charge >= 0.3 is 0 Å². The number of nitrogens with zero attached hydrogens (tertiary/aromatic N) is 3. The molecule has 106 valence electrons. The SMILES string of the molecule is Cc1ocnc1CN1CCN(c2ccc(F)cc2)CC1. The molecule has 1 saturated heterocycles. The van der Waals surface area contributed by atoms with E-state index in [2.05, 4.69) is 14.8 Å². The average Bonchev–Trinajstić information content (AvgIpc) is 2.86. The highest BCUT2D eigenvalue weighted by Gasteiger charge is 2.18. The van der Waals surface area contributed by atoms with Gasteiger partial charge in [0.25, 0.3) is 0 Å². The molecular formula is C15H18FN3O. The first-order valence-corrected chi connectivity index (χ1v) is 6.84. The fraction of sp³-hybridized carbons (Fsp3) is 0.400. The van der Waals surface area contributed by atoms with E-state index in [9.17, 15) is 4.39 Å². The van der Waals surface area contributed by atoms with Crippen LogP contribution in [-0.4, -0.2) is 36.1 Å². The lowest BCUT2D eigenvalue weighted by molar-refractivity contribution is 0.246. The van der Waals surface area contributed by atoms with Gasteiger partial charge < -0.3 is 9.32 Å². The lowest BCUT2D eigenvalue weighted by atomic mass is 10.2. The molecule has 1 fully saturated rings. The second kappa shape index (κ2) is 5.63. The summed E-state index contributed by atoms with van der Waals surface area (Å²) >= 11 is 0. The quantitative estimate of drug-likeness (QED) is 0.861. The van der Waals surface area contributed by atoms with Gasteiger partial charge in [-0.15, -0.1) is 0 Å². The van der Waals surface area contributed by atoms with E-state index in [-0.39, 0.29) is 5.82 Å². The predicted molar refractivity (Wildman–Crippen MR) is 75.1 cm³/mol. The van der Waals surface area contributed by atoms with Gasteiger partial charge in [0, 0.05) is 38.4 Å². The van der Waals surface area contributed by atoms with Crippen LogP contribution in [-0.2, 0) is 6.54 Å². The molecule has 1 aliphatic rings. The molecule has 5 heteroatoms. The number of halogens is 1. The third-order valence-electron chi connectivity index (χ3n) is 3.78. The van der Waals surface area contributed by atoms with Crippen molar-refractivity contribution in [1.82, 2.24) is 9.88 Å². The van der Waals surface area contributed by atoms with Crippen molar-refractivity contribution < 1.29 is 8.81 Å². The Hall–Kier alpha value is -1.88. The van der Waals surface area contributed by atoms with Crippen molar-refractivity contribution in [2.75, 3.05) is 31.1 Å². The minimum Gasteiger partial charge on any atom is -0.448 e. The first-order valence-electron chi connectivity index (χ1n) is 6.84. The monoisotopic (exact) mass is 275 g/mol. The van der Waals surface area contributed by atoms with Crippen molar-refractivity contribution in [2.45, 2.75) is 13.5 Å². The Morgan fingerprint density at radius 3 is 2.45 bits per heavy atom. The molecule has 2 aromatic rings. The average molecular weight is 275 g/mol. The highest BCUT2D eigenvalue weighted by molar-refractivity contribution is 5.46. The lowest BCUT2D eigenvalue weighted by Crippen LogP contribution is -2.46. The number of anilines is 1. The van der Waals surface area contributed by atoms with E-state index in [0.29, 0.717) is 0 Å². The van der Waals surface area contributed by atoms with Crippen LogP contribution in [0.25, 0.3) is 0 Å². The van der Waals surface area contributed by atoms with Gasteiger partial charge in [-0.2, -0.15) is 0 Å². The van der Waals surface area contributed by atoms with E-state index in [1.807, 2.05) is 19.1 Å². The van der Waals surface area contributed by atoms with Gasteiger partial charge in [-0.1, -0.05) is 0 Å². The maximum absolute atomic E-state index is 12.9. The Labute approximate surface area is 117 Å². The lowest BCUT2D eigenvalue weighted by Gasteiger charge is -2.35. The largest absolute Gasteiger partial charge is 0.448 e. The van der Waals surface area contributed by atoms with Crippen molar-refractivity contribution in [1.29, 1.82) is 0 Å². The van der Waals surface area contributed by atoms with Crippen molar-refractivity contribution in [3.63, 3.8) is 0 Å². The molecule has 1 aliphatic heterocycles. The minimum absolute atomic E-state index is 0.186. The normalized spacial score (nSPS) is 16.6. The van der Waals surface area contributed by atoms with E-state index < -0.39 is 0 Å². The zero-order valence-corrected chi connectivity index (χ0v) is 11.6. The number of hydrogen-bond donors (Lipinski definition) is 0. The van der Waals surface area contributed by atoms with Crippen LogP contribution in [0.3, 0.4) is 0 Å². The molecule has 0 amide bonds. The number of aryl methyl sites for hydroxylation is 1. The summed E-state index contributed by atoms with van der Waals surface area (Å²) in [6.45, 7) is 6.62. The standard InChI is InChI=1S/C15H18FN3O/c1-12-15(17-11-20-12)10-18-6-8-19(9-7-18)14-4-2-13(16)3-5-14/h2-5,11H,6-10H2,1H3. The number of benzene rings is 1. The summed E-state index contributed by atoms with van der Waals surface area (Å²) in [7, 11) is 0. The second-order valence-corrected chi connectivity index (χ2v) is 5.09. The third-order valence-corrected chi connectivity index (χ3v) is 3.78. The van der Waals surface area contributed by atoms with Gasteiger partial charge in [-0.25, -0.2) is 9.37 Å². The zero-order valence-electron chi connectivity index (χ0n) is 11.6. The molecule has 3 rings (SSSR count). The molecule has 2 heterocycles. The molecule has 1 aromatic heterocycles. The molecule has 0 spiro atoms. The second-order valence-electron chi connectivity index (χ2n) is 5.09. The van der Waals surface area contributed by atoms with Gasteiger partial charge in [0.2, 0.25) is 0 Å². The van der Waals surface area contributed by atoms with E-state index in [0.717, 1.165) is 49.9 Å². The van der Waals surface area contributed by atoms with E-state index in [1.165, 1.54) is 18.5 Å². The summed E-state index contributed by atoms with van der Waals surface area (Å²) in [4.78, 5) is 8.88. The van der Waals surface area contributed by atoms with Crippen LogP contribution >= 0.6 is 0 Å². The summed E-state index contributed by atoms with van der Waals surface area (Å²) in [6, 6.07) is 6.71. The van der Waals surface area contributed by atoms with Crippen LogP contribution in [0, 0.1) is 12.7 Å². The maximum Gasteiger partial charge on any atom is 0.181 e. The van der Waals surface area contributed by atoms with Crippen LogP contribution in [0.4, 0.5) is 10.1 Å². The molecule has 20 heavy (non-hydrogen) atoms. The van der Waals surface area contributed by atoms with Crippen molar-refractivity contribution in [2.24, 2.45) is 0 Å². The fourth-order valence-electron chi connectivity index (χ4n) is 2.51. The first kappa shape index (κ1) is 13.1. The van der Waals surface area contributed by atoms with Crippen molar-refractivity contribution in [3.05, 3.63) is 47.9 Å². The number of piperazine rings is 1. The van der Waals surface area contributed by atoms with Crippen LogP contribution in [0.2, 0.25) is 0 Å². The Bertz CT molecular complexity index is 559. The van der Waals surface area contributed by atoms with Gasteiger partial charge in [0.1, 0.15) is 11.6 Å². The summed E-state index contributed by atoms with van der Waals surface area (Å²) < 4.78 is 18.1. The molecule has 0 unspecified atom stereocenters. The van der Waals surface area contributed by atoms with E-state index in [1.54, 1.807) is 0 Å². The number of rotatable bonds is 3. The highest BCUT2D eigenvalue weighted by atomic mass is 19.1. The smallest absolute Gasteiger partial charge is 0.181 e. The van der Waals surface area contributed by atoms with Crippen LogP contribution < -0.4 is 4.90 Å². The third kappa shape index (κ3) is 2.82. The van der Waals surface area contributed by atoms with E-state index in [4.69, 9.17) is 4.42 Å². The molecule has 1 aromatic carbocycles. The molecule has 0 saturated carbocycles. The maximum atomic E-state index is 12.9. The number of oxazole rings is 1. The summed E-state index contributed by atoms with van der Waals surface area (Å²) in [5, 5.41) is 0. The van der Waals surface area contributed by atoms with Gasteiger partial charge in [0.05, 0.1) is 5.69 Å². The zero-order chi connectivity index (χ0) is 13.9. The molecule has 0 radical (unpaired) electrons. The van der Waals surface area contributed by atoms with Crippen LogP contribution in [0.5, 0.6) is 0 Å². The Morgan fingerprint density at radius 2 is 1.85 bits per heavy atom. The first-order chi connectivity index (χ1) is 9.72. The van der Waals surface area contributed by atoms with Gasteiger partial charge in [-0.3, -0.25) is 4.90 Å². The van der Waals surface area contributed by atoms with Crippen molar-refractivity contribution >= 4 is 5.69 Å². The van der Waals surface area contributed by atoms with Gasteiger partial charge in [0.15, 0.2) is 6.39 Å². The Morgan fingerprint density at radius 1 is 1.15 bits per heavy atom. The van der Waals surface area contributed by atoms with Crippen molar-refractivity contribution in [3.8, 4) is 0 Å². The molecular weight excluding hydrogens is 257 g/mol. The van der Waals surface area contributed by atoms with Crippen LogP contribution in [0.15, 0.2) is 35.1 Å². The predicted octanol–water partition coefficient (Wildman–Crippen LogP) is 2.44. The summed E-state index contributed by atoms with van der Waals surface area (Å²) in [5.74, 6) is 0.708. The Balaban J connectivity index is 1.57. The number of hydrogen-bond acceptors (Lipinski definition) is 4. The number of aromatic nitrogens is 1. The summed E-state index contributed by atoms with van der Waals surface area (Å²) in [6.07, 6.45) is 1.50. The molecule has 4 nitrogen and oxygen atoms in total. The highest BCUT2D eigenvalue weighted by Crippen LogP contribution is 2.18. The molecule has 0 bridgehead atoms. The van der Waals surface area contributed by atoms with Crippen LogP contribution in [0.1, 0.15) is 11.5 Å². The molecule has 0 N–H and O–H groups in total. The Kier molecular flexibility index (Phi) is 3.69. The minimum atomic E-state index is -0.186.